The fraction of sp³-hybridized carbons (Fsp3) is 0.737. The van der Waals surface area contributed by atoms with Gasteiger partial charge in [-0.1, -0.05) is 0 Å². The van der Waals surface area contributed by atoms with Crippen LogP contribution in [0.2, 0.25) is 0 Å². The molecule has 2 fully saturated rings. The number of hydrogen-bond donors (Lipinski definition) is 1. The van der Waals surface area contributed by atoms with E-state index in [4.69, 9.17) is 0 Å². The summed E-state index contributed by atoms with van der Waals surface area (Å²) in [4.78, 5) is 21.0. The number of hydrogen-bond acceptors (Lipinski definition) is 6. The molecule has 3 heterocycles. The molecule has 0 bridgehead atoms. The minimum absolute atomic E-state index is 0.380. The third kappa shape index (κ3) is 5.94. The Morgan fingerprint density at radius 1 is 1.07 bits per heavy atom. The molecule has 0 amide bonds. The van der Waals surface area contributed by atoms with Crippen molar-refractivity contribution >= 4 is 11.9 Å². The Morgan fingerprint density at radius 2 is 1.70 bits per heavy atom. The molecule has 2 aliphatic heterocycles. The van der Waals surface area contributed by atoms with E-state index in [0.29, 0.717) is 26.2 Å². The van der Waals surface area contributed by atoms with Crippen molar-refractivity contribution in [1.82, 2.24) is 30.0 Å². The molecule has 2 saturated heterocycles. The second-order valence-corrected chi connectivity index (χ2v) is 7.59. The quantitative estimate of drug-likeness (QED) is 0.548. The SMILES string of the molecule is CN=C(NCCN1CCN(c2ncccn2)CC1)N1CCN(C(C)C(F)(F)F)CC1. The largest absolute Gasteiger partial charge is 0.403 e. The fourth-order valence-electron chi connectivity index (χ4n) is 3.81. The van der Waals surface area contributed by atoms with E-state index >= 15 is 0 Å². The third-order valence-electron chi connectivity index (χ3n) is 5.77. The van der Waals surface area contributed by atoms with Crippen molar-refractivity contribution in [2.45, 2.75) is 19.1 Å². The van der Waals surface area contributed by atoms with Crippen LogP contribution >= 0.6 is 0 Å². The first-order chi connectivity index (χ1) is 14.4. The van der Waals surface area contributed by atoms with Crippen molar-refractivity contribution in [2.75, 3.05) is 77.4 Å². The van der Waals surface area contributed by atoms with Crippen LogP contribution < -0.4 is 10.2 Å². The molecule has 1 atom stereocenters. The first-order valence-electron chi connectivity index (χ1n) is 10.4. The summed E-state index contributed by atoms with van der Waals surface area (Å²) < 4.78 is 38.7. The van der Waals surface area contributed by atoms with Gasteiger partial charge in [0.05, 0.1) is 0 Å². The average molecular weight is 429 g/mol. The van der Waals surface area contributed by atoms with Gasteiger partial charge in [-0.3, -0.25) is 14.8 Å². The summed E-state index contributed by atoms with van der Waals surface area (Å²) in [5.41, 5.74) is 0. The number of piperazine rings is 2. The van der Waals surface area contributed by atoms with Crippen LogP contribution in [0.5, 0.6) is 0 Å². The van der Waals surface area contributed by atoms with Gasteiger partial charge in [0.2, 0.25) is 5.95 Å². The van der Waals surface area contributed by atoms with Crippen LogP contribution in [-0.2, 0) is 0 Å². The van der Waals surface area contributed by atoms with E-state index in [-0.39, 0.29) is 0 Å². The summed E-state index contributed by atoms with van der Waals surface area (Å²) in [6, 6.07) is 0.407. The van der Waals surface area contributed by atoms with Crippen molar-refractivity contribution in [3.8, 4) is 0 Å². The number of alkyl halides is 3. The van der Waals surface area contributed by atoms with Crippen molar-refractivity contribution < 1.29 is 13.2 Å². The van der Waals surface area contributed by atoms with Crippen molar-refractivity contribution in [3.63, 3.8) is 0 Å². The number of nitrogens with zero attached hydrogens (tertiary/aromatic N) is 7. The third-order valence-corrected chi connectivity index (χ3v) is 5.77. The lowest BCUT2D eigenvalue weighted by Gasteiger charge is -2.40. The Morgan fingerprint density at radius 3 is 2.27 bits per heavy atom. The molecule has 8 nitrogen and oxygen atoms in total. The maximum atomic E-state index is 12.9. The summed E-state index contributed by atoms with van der Waals surface area (Å²) in [5, 5.41) is 3.36. The van der Waals surface area contributed by atoms with E-state index in [1.807, 2.05) is 11.0 Å². The summed E-state index contributed by atoms with van der Waals surface area (Å²) >= 11 is 0. The van der Waals surface area contributed by atoms with Crippen LogP contribution in [0.3, 0.4) is 0 Å². The van der Waals surface area contributed by atoms with Crippen molar-refractivity contribution in [1.29, 1.82) is 0 Å². The molecule has 0 radical (unpaired) electrons. The van der Waals surface area contributed by atoms with E-state index in [2.05, 4.69) is 30.1 Å². The number of halogens is 3. The van der Waals surface area contributed by atoms with Gasteiger partial charge >= 0.3 is 6.18 Å². The molecule has 2 aliphatic rings. The molecule has 168 valence electrons. The molecular formula is C19H31F3N8. The average Bonchev–Trinajstić information content (AvgIpc) is 2.77. The van der Waals surface area contributed by atoms with Crippen LogP contribution in [0.25, 0.3) is 0 Å². The highest BCUT2D eigenvalue weighted by atomic mass is 19.4. The summed E-state index contributed by atoms with van der Waals surface area (Å²) in [5.74, 6) is 1.53. The standard InChI is InChI=1S/C19H31F3N8/c1-16(19(20,21)22)28-12-14-29(15-13-28)17(23-2)26-6-7-27-8-10-30(11-9-27)18-24-4-3-5-25-18/h3-5,16H,6-15H2,1-2H3,(H,23,26). The zero-order chi connectivity index (χ0) is 21.6. The topological polar surface area (TPSA) is 63.1 Å². The predicted molar refractivity (Wildman–Crippen MR) is 111 cm³/mol. The van der Waals surface area contributed by atoms with Crippen LogP contribution in [0.15, 0.2) is 23.5 Å². The van der Waals surface area contributed by atoms with Gasteiger partial charge in [-0.2, -0.15) is 13.2 Å². The lowest BCUT2D eigenvalue weighted by Crippen LogP contribution is -2.57. The predicted octanol–water partition coefficient (Wildman–Crippen LogP) is 0.742. The molecule has 3 rings (SSSR count). The molecule has 0 saturated carbocycles. The molecule has 1 unspecified atom stereocenters. The van der Waals surface area contributed by atoms with Crippen LogP contribution in [-0.4, -0.2) is 115 Å². The number of anilines is 1. The molecule has 0 aromatic carbocycles. The molecule has 1 N–H and O–H groups in total. The molecule has 30 heavy (non-hydrogen) atoms. The van der Waals surface area contributed by atoms with Gasteiger partial charge in [-0.15, -0.1) is 0 Å². The zero-order valence-corrected chi connectivity index (χ0v) is 17.6. The number of aliphatic imine (C=N–C) groups is 1. The smallest absolute Gasteiger partial charge is 0.355 e. The number of aromatic nitrogens is 2. The molecule has 11 heteroatoms. The number of guanidine groups is 1. The van der Waals surface area contributed by atoms with Crippen LogP contribution in [0.1, 0.15) is 6.92 Å². The van der Waals surface area contributed by atoms with Gasteiger partial charge in [0.1, 0.15) is 6.04 Å². The van der Waals surface area contributed by atoms with E-state index in [0.717, 1.165) is 51.2 Å². The van der Waals surface area contributed by atoms with E-state index in [9.17, 15) is 13.2 Å². The zero-order valence-electron chi connectivity index (χ0n) is 17.6. The number of nitrogens with one attached hydrogen (secondary N) is 1. The molecule has 1 aromatic rings. The number of rotatable bonds is 5. The second-order valence-electron chi connectivity index (χ2n) is 7.59. The molecule has 0 spiro atoms. The second kappa shape index (κ2) is 10.3. The van der Waals surface area contributed by atoms with Crippen LogP contribution in [0.4, 0.5) is 19.1 Å². The van der Waals surface area contributed by atoms with Crippen molar-refractivity contribution in [3.05, 3.63) is 18.5 Å². The van der Waals surface area contributed by atoms with Gasteiger partial charge in [-0.05, 0) is 13.0 Å². The Balaban J connectivity index is 1.37. The monoisotopic (exact) mass is 428 g/mol. The summed E-state index contributed by atoms with van der Waals surface area (Å²) in [6.07, 6.45) is -0.666. The Kier molecular flexibility index (Phi) is 7.70. The molecular weight excluding hydrogens is 397 g/mol. The van der Waals surface area contributed by atoms with E-state index in [1.54, 1.807) is 19.4 Å². The van der Waals surface area contributed by atoms with Gasteiger partial charge in [0.15, 0.2) is 5.96 Å². The summed E-state index contributed by atoms with van der Waals surface area (Å²) in [7, 11) is 1.71. The highest BCUT2D eigenvalue weighted by molar-refractivity contribution is 5.80. The lowest BCUT2D eigenvalue weighted by molar-refractivity contribution is -0.181. The first-order valence-corrected chi connectivity index (χ1v) is 10.4. The highest BCUT2D eigenvalue weighted by Gasteiger charge is 2.41. The molecule has 0 aliphatic carbocycles. The highest BCUT2D eigenvalue weighted by Crippen LogP contribution is 2.25. The Bertz CT molecular complexity index is 668. The summed E-state index contributed by atoms with van der Waals surface area (Å²) in [6.45, 7) is 8.34. The fourth-order valence-corrected chi connectivity index (χ4v) is 3.81. The van der Waals surface area contributed by atoms with Gasteiger partial charge in [0.25, 0.3) is 0 Å². The van der Waals surface area contributed by atoms with Gasteiger partial charge in [0, 0.05) is 84.9 Å². The first kappa shape index (κ1) is 22.5. The Labute approximate surface area is 175 Å². The van der Waals surface area contributed by atoms with E-state index in [1.165, 1.54) is 11.8 Å². The van der Waals surface area contributed by atoms with Gasteiger partial charge in [-0.25, -0.2) is 9.97 Å². The van der Waals surface area contributed by atoms with Crippen LogP contribution in [0, 0.1) is 0 Å². The Hall–Kier alpha value is -2.14. The van der Waals surface area contributed by atoms with Gasteiger partial charge < -0.3 is 15.1 Å². The normalized spacial score (nSPS) is 21.0. The minimum Gasteiger partial charge on any atom is -0.355 e. The molecule has 1 aromatic heterocycles. The lowest BCUT2D eigenvalue weighted by atomic mass is 10.2. The maximum Gasteiger partial charge on any atom is 0.403 e. The minimum atomic E-state index is -4.18. The maximum absolute atomic E-state index is 12.9. The van der Waals surface area contributed by atoms with E-state index < -0.39 is 12.2 Å². The van der Waals surface area contributed by atoms with Crippen molar-refractivity contribution in [2.24, 2.45) is 4.99 Å².